The van der Waals surface area contributed by atoms with Gasteiger partial charge in [0.2, 0.25) is 0 Å². The number of nitrogens with one attached hydrogen (secondary N) is 1. The van der Waals surface area contributed by atoms with Crippen molar-refractivity contribution in [2.75, 3.05) is 18.9 Å². The monoisotopic (exact) mass is 692 g/mol. The number of hydrogen-bond acceptors (Lipinski definition) is 16. The molecule has 0 saturated carbocycles. The van der Waals surface area contributed by atoms with E-state index in [1.807, 2.05) is 0 Å². The predicted molar refractivity (Wildman–Crippen MR) is 148 cm³/mol. The number of halogens is 1. The van der Waals surface area contributed by atoms with E-state index in [9.17, 15) is 33.4 Å². The number of nitrogens with two attached hydrogens (primary N) is 1. The lowest BCUT2D eigenvalue weighted by atomic mass is 10.1. The third kappa shape index (κ3) is 5.39. The number of rotatable bonds is 2. The first-order valence-corrected chi connectivity index (χ1v) is 17.2. The van der Waals surface area contributed by atoms with Crippen molar-refractivity contribution in [3.05, 3.63) is 41.3 Å². The number of anilines is 1. The van der Waals surface area contributed by atoms with Crippen molar-refractivity contribution in [3.8, 4) is 0 Å². The maximum absolute atomic E-state index is 14.7. The molecule has 0 amide bonds. The summed E-state index contributed by atoms with van der Waals surface area (Å²) < 4.78 is 76.6. The number of ether oxygens (including phenoxy) is 2. The van der Waals surface area contributed by atoms with Crippen LogP contribution in [-0.4, -0.2) is 99.0 Å². The van der Waals surface area contributed by atoms with Gasteiger partial charge < -0.3 is 39.9 Å². The van der Waals surface area contributed by atoms with Gasteiger partial charge in [-0.05, 0) is 0 Å². The Hall–Kier alpha value is -2.85. The van der Waals surface area contributed by atoms with Crippen LogP contribution >= 0.6 is 26.9 Å². The summed E-state index contributed by atoms with van der Waals surface area (Å²) in [5.74, 6) is -0.949. The summed E-state index contributed by atoms with van der Waals surface area (Å²) in [7, 11) is -5.12. The van der Waals surface area contributed by atoms with Gasteiger partial charge in [0.1, 0.15) is 53.9 Å². The van der Waals surface area contributed by atoms with E-state index >= 15 is 0 Å². The van der Waals surface area contributed by atoms with Crippen molar-refractivity contribution in [2.45, 2.75) is 49.1 Å². The third-order valence-electron chi connectivity index (χ3n) is 7.44. The summed E-state index contributed by atoms with van der Waals surface area (Å²) >= 11 is 3.99. The number of H-pyrrole nitrogens is 1. The number of aromatic nitrogens is 7. The van der Waals surface area contributed by atoms with Crippen molar-refractivity contribution in [3.63, 3.8) is 0 Å². The number of nitrogens with zero attached hydrogens (tertiary/aromatic N) is 6. The van der Waals surface area contributed by atoms with E-state index in [1.165, 1.54) is 10.9 Å². The lowest BCUT2D eigenvalue weighted by molar-refractivity contribution is -0.0636. The molecule has 3 aliphatic heterocycles. The SMILES string of the molecule is Nc1ncnc2c1ncn2[C@@H]1O[C@@H]2COP(=O)(O)O[C@@H]3[C@H](O)[C@@H](COP(=O)(S)O[C@H]2[C@H]1O)O[C@H]3n1cc(F)c2c(=O)[nH]cnc21. The first-order valence-electron chi connectivity index (χ1n) is 13.0. The molecule has 0 aromatic carbocycles. The quantitative estimate of drug-likeness (QED) is 0.117. The Morgan fingerprint density at radius 1 is 0.978 bits per heavy atom. The summed E-state index contributed by atoms with van der Waals surface area (Å²) in [5, 5.41) is 21.8. The molecule has 0 radical (unpaired) electrons. The topological polar surface area (TPSA) is 271 Å². The first kappa shape index (κ1) is 30.8. The number of hydrogen-bond donors (Lipinski definition) is 6. The Balaban J connectivity index is 1.21. The zero-order valence-corrected chi connectivity index (χ0v) is 25.0. The second-order valence-corrected chi connectivity index (χ2v) is 14.5. The standard InChI is InChI=1S/C21H23FN8O12P2S/c22-7-1-29(17-10(7)19(33)27-5-25-17)21-15-12(31)8(39-21)2-38-44(36,45)42-14-9(3-37-43(34,35)41-15)40-20(13(14)32)30-6-28-11-16(23)24-4-26-18(11)30/h1,4-6,8-9,12-15,20-21,31-32H,2-3H2,(H,34,35)(H,36,45)(H2,23,24,26)(H,25,27,33)/t8-,9-,12-,13-,14-,15-,20-,21-,44?/m1/s1. The number of fused-ring (bicyclic) bond motifs is 5. The molecule has 2 unspecified atom stereocenters. The van der Waals surface area contributed by atoms with Gasteiger partial charge in [-0.25, -0.2) is 33.5 Å². The lowest BCUT2D eigenvalue weighted by Gasteiger charge is -2.26. The van der Waals surface area contributed by atoms with E-state index in [1.54, 1.807) is 0 Å². The van der Waals surface area contributed by atoms with Crippen LogP contribution in [0.3, 0.4) is 0 Å². The largest absolute Gasteiger partial charge is 0.472 e. The molecule has 24 heteroatoms. The molecule has 20 nitrogen and oxygen atoms in total. The van der Waals surface area contributed by atoms with Gasteiger partial charge in [-0.15, -0.1) is 0 Å². The van der Waals surface area contributed by atoms with Crippen LogP contribution in [0.4, 0.5) is 10.2 Å². The Morgan fingerprint density at radius 3 is 2.53 bits per heavy atom. The Morgan fingerprint density at radius 2 is 1.73 bits per heavy atom. The first-order chi connectivity index (χ1) is 21.3. The Labute approximate surface area is 254 Å². The number of aliphatic hydroxyl groups is 2. The van der Waals surface area contributed by atoms with Crippen molar-refractivity contribution in [2.24, 2.45) is 0 Å². The zero-order chi connectivity index (χ0) is 31.8. The van der Waals surface area contributed by atoms with E-state index in [4.69, 9.17) is 33.3 Å². The highest BCUT2D eigenvalue weighted by atomic mass is 32.7. The Kier molecular flexibility index (Phi) is 7.62. The van der Waals surface area contributed by atoms with Crippen LogP contribution in [0.25, 0.3) is 22.2 Å². The molecule has 7 heterocycles. The Bertz CT molecular complexity index is 1940. The molecule has 4 aromatic heterocycles. The van der Waals surface area contributed by atoms with Crippen LogP contribution in [0, 0.1) is 5.82 Å². The smallest absolute Gasteiger partial charge is 0.387 e. The zero-order valence-electron chi connectivity index (χ0n) is 22.3. The minimum atomic E-state index is -5.12. The average molecular weight is 692 g/mol. The van der Waals surface area contributed by atoms with E-state index in [0.29, 0.717) is 0 Å². The molecule has 4 aromatic rings. The van der Waals surface area contributed by atoms with Crippen molar-refractivity contribution >= 4 is 54.9 Å². The molecule has 2 bridgehead atoms. The van der Waals surface area contributed by atoms with Crippen molar-refractivity contribution in [1.29, 1.82) is 0 Å². The van der Waals surface area contributed by atoms with E-state index in [-0.39, 0.29) is 22.6 Å². The molecule has 7 rings (SSSR count). The summed E-state index contributed by atoms with van der Waals surface area (Å²) in [6.45, 7) is -5.89. The average Bonchev–Trinajstić information content (AvgIpc) is 3.71. The number of imidazole rings is 1. The van der Waals surface area contributed by atoms with Gasteiger partial charge in [0, 0.05) is 6.20 Å². The normalized spacial score (nSPS) is 37.7. The maximum Gasteiger partial charge on any atom is 0.472 e. The van der Waals surface area contributed by atoms with Crippen LogP contribution in [0.2, 0.25) is 0 Å². The minimum Gasteiger partial charge on any atom is -0.387 e. The number of thiol groups is 1. The maximum atomic E-state index is 14.7. The van der Waals surface area contributed by atoms with Gasteiger partial charge >= 0.3 is 14.6 Å². The van der Waals surface area contributed by atoms with Gasteiger partial charge in [0.15, 0.2) is 35.4 Å². The van der Waals surface area contributed by atoms with Crippen LogP contribution in [0.1, 0.15) is 12.5 Å². The van der Waals surface area contributed by atoms with Crippen LogP contribution in [0.15, 0.2) is 30.0 Å². The summed E-state index contributed by atoms with van der Waals surface area (Å²) in [6.07, 6.45) is -8.07. The molecular weight excluding hydrogens is 669 g/mol. The van der Waals surface area contributed by atoms with Gasteiger partial charge in [-0.3, -0.25) is 27.5 Å². The second-order valence-electron chi connectivity index (χ2n) is 10.2. The number of nitrogen functional groups attached to an aromatic ring is 1. The molecule has 242 valence electrons. The number of aromatic amines is 1. The molecule has 10 atom stereocenters. The van der Waals surface area contributed by atoms with Gasteiger partial charge in [0.25, 0.3) is 5.56 Å². The highest BCUT2D eigenvalue weighted by Crippen LogP contribution is 2.58. The fraction of sp³-hybridized carbons (Fsp3) is 0.476. The van der Waals surface area contributed by atoms with Crippen LogP contribution < -0.4 is 11.3 Å². The summed E-state index contributed by atoms with van der Waals surface area (Å²) in [4.78, 5) is 41.1. The number of aliphatic hydroxyl groups excluding tert-OH is 2. The second kappa shape index (κ2) is 11.1. The van der Waals surface area contributed by atoms with Crippen LogP contribution in [-0.2, 0) is 36.7 Å². The van der Waals surface area contributed by atoms with E-state index < -0.39 is 93.7 Å². The lowest BCUT2D eigenvalue weighted by Crippen LogP contribution is -2.36. The summed E-state index contributed by atoms with van der Waals surface area (Å²) in [6, 6.07) is 0. The number of phosphoric ester groups is 1. The molecule has 6 N–H and O–H groups in total. The van der Waals surface area contributed by atoms with Gasteiger partial charge in [0.05, 0.1) is 25.9 Å². The van der Waals surface area contributed by atoms with E-state index in [2.05, 4.69) is 37.2 Å². The van der Waals surface area contributed by atoms with Crippen LogP contribution in [0.5, 0.6) is 0 Å². The fourth-order valence-corrected chi connectivity index (χ4v) is 7.83. The van der Waals surface area contributed by atoms with Crippen molar-refractivity contribution in [1.82, 2.24) is 34.1 Å². The molecule has 3 fully saturated rings. The predicted octanol–water partition coefficient (Wildman–Crippen LogP) is -0.242. The molecule has 3 aliphatic rings. The molecule has 0 aliphatic carbocycles. The number of phosphoric acid groups is 1. The highest BCUT2D eigenvalue weighted by molar-refractivity contribution is 8.44. The van der Waals surface area contributed by atoms with Gasteiger partial charge in [-0.2, -0.15) is 0 Å². The summed E-state index contributed by atoms with van der Waals surface area (Å²) in [5.41, 5.74) is 5.16. The highest BCUT2D eigenvalue weighted by Gasteiger charge is 2.53. The molecular formula is C21H23FN8O12P2S. The third-order valence-corrected chi connectivity index (χ3v) is 10.0. The molecule has 3 saturated heterocycles. The molecule has 45 heavy (non-hydrogen) atoms. The van der Waals surface area contributed by atoms with E-state index in [0.717, 1.165) is 23.4 Å². The van der Waals surface area contributed by atoms with Gasteiger partial charge in [-0.1, -0.05) is 12.2 Å². The molecule has 0 spiro atoms. The fourth-order valence-electron chi connectivity index (χ4n) is 5.41. The van der Waals surface area contributed by atoms with Crippen molar-refractivity contribution < 1.29 is 56.2 Å². The minimum absolute atomic E-state index is 0.0515.